The van der Waals surface area contributed by atoms with Crippen LogP contribution < -0.4 is 19.1 Å². The highest BCUT2D eigenvalue weighted by Crippen LogP contribution is 2.42. The average molecular weight is 710 g/mol. The number of carbonyl (C=O) groups is 1. The average Bonchev–Trinajstić information content (AvgIpc) is 3.58. The number of nitrogens with zero attached hydrogens (tertiary/aromatic N) is 5. The first-order valence-electron chi connectivity index (χ1n) is 17.1. The molecule has 5 aromatic rings. The molecule has 0 fully saturated rings. The van der Waals surface area contributed by atoms with Gasteiger partial charge in [-0.25, -0.2) is 9.78 Å². The van der Waals surface area contributed by atoms with Crippen LogP contribution in [0.2, 0.25) is 0 Å². The predicted molar refractivity (Wildman–Crippen MR) is 192 cm³/mol. The highest BCUT2D eigenvalue weighted by molar-refractivity contribution is 5.80. The van der Waals surface area contributed by atoms with Crippen LogP contribution >= 0.6 is 0 Å². The van der Waals surface area contributed by atoms with Crippen molar-refractivity contribution in [1.29, 1.82) is 5.26 Å². The maximum Gasteiger partial charge on any atom is 0.328 e. The zero-order valence-corrected chi connectivity index (χ0v) is 29.8. The maximum absolute atomic E-state index is 16.9. The minimum Gasteiger partial charge on any atom is -0.485 e. The van der Waals surface area contributed by atoms with Gasteiger partial charge in [0.15, 0.2) is 11.5 Å². The van der Waals surface area contributed by atoms with Gasteiger partial charge in [-0.3, -0.25) is 0 Å². The van der Waals surface area contributed by atoms with Crippen LogP contribution in [0.15, 0.2) is 85.2 Å². The molecule has 0 spiro atoms. The minimum atomic E-state index is -1.17. The van der Waals surface area contributed by atoms with E-state index in [1.165, 1.54) is 23.1 Å². The molecule has 2 heterocycles. The molecule has 2 aromatic heterocycles. The molecule has 1 unspecified atom stereocenters. The summed E-state index contributed by atoms with van der Waals surface area (Å²) in [5, 5.41) is 9.68. The van der Waals surface area contributed by atoms with Crippen molar-refractivity contribution in [3.8, 4) is 46.5 Å². The number of pyridine rings is 1. The fourth-order valence-corrected chi connectivity index (χ4v) is 5.65. The zero-order valence-electron chi connectivity index (χ0n) is 29.8. The van der Waals surface area contributed by atoms with Gasteiger partial charge >= 0.3 is 5.97 Å². The van der Waals surface area contributed by atoms with Crippen molar-refractivity contribution >= 4 is 11.7 Å². The molecule has 0 saturated carbocycles. The van der Waals surface area contributed by atoms with Crippen LogP contribution in [0.3, 0.4) is 0 Å². The maximum atomic E-state index is 16.9. The molecule has 3 aromatic carbocycles. The summed E-state index contributed by atoms with van der Waals surface area (Å²) >= 11 is 0. The number of halogens is 2. The molecule has 0 radical (unpaired) electrons. The number of aromatic nitrogens is 3. The Morgan fingerprint density at radius 3 is 2.37 bits per heavy atom. The molecule has 0 N–H and O–H groups in total. The van der Waals surface area contributed by atoms with Crippen LogP contribution in [-0.4, -0.2) is 39.7 Å². The summed E-state index contributed by atoms with van der Waals surface area (Å²) in [5.74, 6) is -3.21. The SMILES string of the molecule is CCCN(c1c(F)c(Oc2cccc(-c3nccn3C)c2)nc(Oc2cc(C#N)ccc2OCc2ccccc2)c1F)C(CC(C)C)C(=O)OCC. The lowest BCUT2D eigenvalue weighted by molar-refractivity contribution is -0.145. The van der Waals surface area contributed by atoms with Crippen LogP contribution in [0.1, 0.15) is 51.7 Å². The fourth-order valence-electron chi connectivity index (χ4n) is 5.65. The van der Waals surface area contributed by atoms with E-state index < -0.39 is 41.1 Å². The van der Waals surface area contributed by atoms with Crippen molar-refractivity contribution in [2.45, 2.75) is 53.2 Å². The molecule has 12 heteroatoms. The molecule has 0 aliphatic rings. The van der Waals surface area contributed by atoms with E-state index in [0.717, 1.165) is 5.56 Å². The van der Waals surface area contributed by atoms with Gasteiger partial charge in [-0.15, -0.1) is 0 Å². The number of esters is 1. The summed E-state index contributed by atoms with van der Waals surface area (Å²) in [6.45, 7) is 7.66. The lowest BCUT2D eigenvalue weighted by atomic mass is 10.0. The van der Waals surface area contributed by atoms with Gasteiger partial charge in [-0.1, -0.05) is 63.2 Å². The number of aryl methyl sites for hydroxylation is 1. The second kappa shape index (κ2) is 17.3. The normalized spacial score (nSPS) is 11.5. The third kappa shape index (κ3) is 8.84. The topological polar surface area (TPSA) is 112 Å². The molecule has 0 bridgehead atoms. The van der Waals surface area contributed by atoms with E-state index in [2.05, 4.69) is 9.97 Å². The first-order valence-corrected chi connectivity index (χ1v) is 17.1. The Morgan fingerprint density at radius 2 is 1.71 bits per heavy atom. The number of rotatable bonds is 16. The third-order valence-corrected chi connectivity index (χ3v) is 8.02. The van der Waals surface area contributed by atoms with E-state index in [4.69, 9.17) is 18.9 Å². The van der Waals surface area contributed by atoms with Gasteiger partial charge in [-0.2, -0.15) is 19.0 Å². The van der Waals surface area contributed by atoms with Crippen LogP contribution in [0.4, 0.5) is 14.5 Å². The lowest BCUT2D eigenvalue weighted by Gasteiger charge is -2.33. The highest BCUT2D eigenvalue weighted by atomic mass is 19.1. The Labute approximate surface area is 302 Å². The monoisotopic (exact) mass is 709 g/mol. The van der Waals surface area contributed by atoms with Gasteiger partial charge in [0.2, 0.25) is 11.6 Å². The van der Waals surface area contributed by atoms with Crippen molar-refractivity contribution in [2.24, 2.45) is 13.0 Å². The van der Waals surface area contributed by atoms with Gasteiger partial charge in [0.1, 0.15) is 29.9 Å². The van der Waals surface area contributed by atoms with E-state index in [1.54, 1.807) is 37.5 Å². The Kier molecular flexibility index (Phi) is 12.4. The van der Waals surface area contributed by atoms with Crippen LogP contribution in [-0.2, 0) is 23.2 Å². The molecule has 5 rings (SSSR count). The second-order valence-corrected chi connectivity index (χ2v) is 12.4. The Hall–Kier alpha value is -5.96. The summed E-state index contributed by atoms with van der Waals surface area (Å²) in [5.41, 5.74) is 1.19. The molecule has 10 nitrogen and oxygen atoms in total. The number of benzene rings is 3. The van der Waals surface area contributed by atoms with Crippen molar-refractivity contribution < 1.29 is 32.5 Å². The number of anilines is 1. The Bertz CT molecular complexity index is 2030. The van der Waals surface area contributed by atoms with Gasteiger partial charge in [0.05, 0.1) is 18.2 Å². The van der Waals surface area contributed by atoms with Crippen LogP contribution in [0.25, 0.3) is 11.4 Å². The number of hydrogen-bond acceptors (Lipinski definition) is 9. The summed E-state index contributed by atoms with van der Waals surface area (Å²) < 4.78 is 59.1. The van der Waals surface area contributed by atoms with Crippen LogP contribution in [0.5, 0.6) is 29.0 Å². The largest absolute Gasteiger partial charge is 0.485 e. The van der Waals surface area contributed by atoms with Crippen LogP contribution in [0, 0.1) is 28.9 Å². The molecule has 0 aliphatic carbocycles. The smallest absolute Gasteiger partial charge is 0.328 e. The van der Waals surface area contributed by atoms with Crippen molar-refractivity contribution in [3.05, 3.63) is 108 Å². The molecule has 52 heavy (non-hydrogen) atoms. The molecule has 0 saturated heterocycles. The van der Waals surface area contributed by atoms with E-state index in [-0.39, 0.29) is 54.9 Å². The first-order chi connectivity index (χ1) is 25.1. The number of hydrogen-bond donors (Lipinski definition) is 0. The van der Waals surface area contributed by atoms with Crippen molar-refractivity contribution in [2.75, 3.05) is 18.1 Å². The van der Waals surface area contributed by atoms with Gasteiger partial charge in [0.25, 0.3) is 11.8 Å². The number of ether oxygens (including phenoxy) is 4. The molecule has 1 atom stereocenters. The number of nitriles is 1. The Morgan fingerprint density at radius 1 is 0.962 bits per heavy atom. The molecule has 0 amide bonds. The van der Waals surface area contributed by atoms with Crippen molar-refractivity contribution in [3.63, 3.8) is 0 Å². The van der Waals surface area contributed by atoms with Gasteiger partial charge in [0, 0.05) is 37.6 Å². The predicted octanol–water partition coefficient (Wildman–Crippen LogP) is 8.99. The highest BCUT2D eigenvalue weighted by Gasteiger charge is 2.35. The van der Waals surface area contributed by atoms with Gasteiger partial charge in [-0.05, 0) is 55.5 Å². The lowest BCUT2D eigenvalue weighted by Crippen LogP contribution is -2.45. The standard InChI is InChI=1S/C40H41F2N5O5/c1-6-19-47(31(21-26(3)4)40(48)49-7-2)36-34(41)38(51-30-15-11-14-29(23-30)37-44-18-20-46(37)5)45-39(35(36)42)52-33-22-28(24-43)16-17-32(33)50-25-27-12-9-8-10-13-27/h8-18,20,22-23,26,31H,6-7,19,21,25H2,1-5H3. The van der Waals surface area contributed by atoms with E-state index in [0.29, 0.717) is 17.8 Å². The molecule has 270 valence electrons. The second-order valence-electron chi connectivity index (χ2n) is 12.4. The zero-order chi connectivity index (χ0) is 37.2. The van der Waals surface area contributed by atoms with E-state index >= 15 is 8.78 Å². The number of carbonyl (C=O) groups excluding carboxylic acids is 1. The fraction of sp³-hybridized carbons (Fsp3) is 0.300. The number of imidazole rings is 1. The summed E-state index contributed by atoms with van der Waals surface area (Å²) in [6.07, 6.45) is 4.13. The minimum absolute atomic E-state index is 0.0277. The van der Waals surface area contributed by atoms with E-state index in [1.807, 2.05) is 74.9 Å². The first kappa shape index (κ1) is 37.3. The summed E-state index contributed by atoms with van der Waals surface area (Å²) in [6, 6.07) is 21.6. The molecule has 0 aliphatic heterocycles. The molecular formula is C40H41F2N5O5. The quantitative estimate of drug-likeness (QED) is 0.0927. The van der Waals surface area contributed by atoms with Gasteiger partial charge < -0.3 is 28.4 Å². The van der Waals surface area contributed by atoms with E-state index in [9.17, 15) is 10.1 Å². The third-order valence-electron chi connectivity index (χ3n) is 8.02. The Balaban J connectivity index is 1.65. The van der Waals surface area contributed by atoms with Crippen molar-refractivity contribution in [1.82, 2.24) is 14.5 Å². The summed E-state index contributed by atoms with van der Waals surface area (Å²) in [7, 11) is 1.84. The molecular weight excluding hydrogens is 668 g/mol. The summed E-state index contributed by atoms with van der Waals surface area (Å²) in [4.78, 5) is 23.3.